The van der Waals surface area contributed by atoms with Gasteiger partial charge in [0.2, 0.25) is 6.41 Å². The number of nitriles is 1. The van der Waals surface area contributed by atoms with Crippen molar-refractivity contribution < 1.29 is 9.59 Å². The minimum Gasteiger partial charge on any atom is -0.330 e. The third kappa shape index (κ3) is 5.09. The summed E-state index contributed by atoms with van der Waals surface area (Å²) in [5, 5.41) is 11.7. The molecular formula is C15H18N4O2. The van der Waals surface area contributed by atoms with Crippen LogP contribution in [0.1, 0.15) is 12.0 Å². The molecule has 0 bridgehead atoms. The Morgan fingerprint density at radius 1 is 1.48 bits per heavy atom. The van der Waals surface area contributed by atoms with Crippen molar-refractivity contribution in [2.75, 3.05) is 18.4 Å². The number of carbonyl (C=O) groups excluding carboxylic acids is 2. The van der Waals surface area contributed by atoms with Crippen LogP contribution in [0.25, 0.3) is 0 Å². The molecule has 0 aromatic heterocycles. The molecule has 0 spiro atoms. The molecule has 0 radical (unpaired) electrons. The highest BCUT2D eigenvalue weighted by Gasteiger charge is 2.12. The second-order valence-electron chi connectivity index (χ2n) is 4.41. The molecule has 0 aliphatic carbocycles. The number of para-hydroxylation sites is 1. The summed E-state index contributed by atoms with van der Waals surface area (Å²) in [6.07, 6.45) is 2.39. The zero-order valence-corrected chi connectivity index (χ0v) is 11.9. The van der Waals surface area contributed by atoms with E-state index in [4.69, 9.17) is 11.0 Å². The van der Waals surface area contributed by atoms with Gasteiger partial charge in [-0.15, -0.1) is 0 Å². The van der Waals surface area contributed by atoms with Gasteiger partial charge in [0.1, 0.15) is 11.6 Å². The average Bonchev–Trinajstić information content (AvgIpc) is 2.50. The predicted octanol–water partition coefficient (Wildman–Crippen LogP) is 1.15. The van der Waals surface area contributed by atoms with Gasteiger partial charge in [0.05, 0.1) is 0 Å². The highest BCUT2D eigenvalue weighted by Crippen LogP contribution is 2.14. The zero-order valence-electron chi connectivity index (χ0n) is 11.9. The number of benzene rings is 1. The van der Waals surface area contributed by atoms with Gasteiger partial charge in [0, 0.05) is 18.4 Å². The van der Waals surface area contributed by atoms with E-state index < -0.39 is 5.91 Å². The van der Waals surface area contributed by atoms with Gasteiger partial charge in [-0.05, 0) is 31.5 Å². The molecule has 1 rings (SSSR count). The first-order valence-corrected chi connectivity index (χ1v) is 6.52. The van der Waals surface area contributed by atoms with Gasteiger partial charge in [0.25, 0.3) is 5.91 Å². The summed E-state index contributed by atoms with van der Waals surface area (Å²) in [6, 6.07) is 9.04. The number of hydrogen-bond donors (Lipinski definition) is 2. The molecule has 1 aromatic rings. The smallest absolute Gasteiger partial charge is 0.267 e. The van der Waals surface area contributed by atoms with Crippen molar-refractivity contribution in [3.05, 3.63) is 41.6 Å². The van der Waals surface area contributed by atoms with Crippen molar-refractivity contribution in [2.45, 2.75) is 13.3 Å². The first-order chi connectivity index (χ1) is 10.1. The van der Waals surface area contributed by atoms with E-state index in [1.54, 1.807) is 18.2 Å². The average molecular weight is 286 g/mol. The molecule has 21 heavy (non-hydrogen) atoms. The molecular weight excluding hydrogens is 268 g/mol. The van der Waals surface area contributed by atoms with E-state index in [9.17, 15) is 9.59 Å². The van der Waals surface area contributed by atoms with Gasteiger partial charge in [-0.2, -0.15) is 5.26 Å². The molecule has 0 fully saturated rings. The normalized spacial score (nSPS) is 10.6. The van der Waals surface area contributed by atoms with Crippen molar-refractivity contribution >= 4 is 18.0 Å². The number of aryl methyl sites for hydroxylation is 1. The third-order valence-electron chi connectivity index (χ3n) is 2.81. The number of anilines is 1. The van der Waals surface area contributed by atoms with E-state index in [1.807, 2.05) is 19.1 Å². The highest BCUT2D eigenvalue weighted by atomic mass is 16.2. The first kappa shape index (κ1) is 16.4. The summed E-state index contributed by atoms with van der Waals surface area (Å²) in [6.45, 7) is 2.64. The van der Waals surface area contributed by atoms with Gasteiger partial charge < -0.3 is 16.0 Å². The van der Waals surface area contributed by atoms with Gasteiger partial charge in [0.15, 0.2) is 0 Å². The van der Waals surface area contributed by atoms with Gasteiger partial charge in [-0.3, -0.25) is 9.59 Å². The summed E-state index contributed by atoms with van der Waals surface area (Å²) in [4.78, 5) is 24.2. The maximum absolute atomic E-state index is 12.1. The number of nitrogens with two attached hydrogens (primary N) is 1. The maximum Gasteiger partial charge on any atom is 0.267 e. The Kier molecular flexibility index (Phi) is 6.65. The minimum absolute atomic E-state index is 0.137. The summed E-state index contributed by atoms with van der Waals surface area (Å²) < 4.78 is 0. The Balaban J connectivity index is 2.84. The summed E-state index contributed by atoms with van der Waals surface area (Å²) in [7, 11) is 0. The van der Waals surface area contributed by atoms with E-state index in [0.29, 0.717) is 31.6 Å². The Morgan fingerprint density at radius 2 is 2.19 bits per heavy atom. The molecule has 6 heteroatoms. The van der Waals surface area contributed by atoms with Crippen LogP contribution in [-0.2, 0) is 9.59 Å². The van der Waals surface area contributed by atoms with Crippen molar-refractivity contribution in [1.29, 1.82) is 5.26 Å². The largest absolute Gasteiger partial charge is 0.330 e. The van der Waals surface area contributed by atoms with Crippen LogP contribution in [0.2, 0.25) is 0 Å². The van der Waals surface area contributed by atoms with Crippen molar-refractivity contribution in [3.8, 4) is 6.07 Å². The van der Waals surface area contributed by atoms with Crippen molar-refractivity contribution in [3.63, 3.8) is 0 Å². The molecule has 0 aliphatic rings. The number of nitrogens with zero attached hydrogens (tertiary/aromatic N) is 2. The SMILES string of the molecule is Cc1ccccc1NC(=O)/C(C#N)=C\N(C=O)CCCN. The molecule has 0 aliphatic heterocycles. The number of carbonyl (C=O) groups is 2. The zero-order chi connectivity index (χ0) is 15.7. The molecule has 0 saturated heterocycles. The fraction of sp³-hybridized carbons (Fsp3) is 0.267. The fourth-order valence-electron chi connectivity index (χ4n) is 1.63. The van der Waals surface area contributed by atoms with Gasteiger partial charge >= 0.3 is 0 Å². The van der Waals surface area contributed by atoms with E-state index in [0.717, 1.165) is 5.56 Å². The number of nitrogens with one attached hydrogen (secondary N) is 1. The van der Waals surface area contributed by atoms with Crippen LogP contribution >= 0.6 is 0 Å². The highest BCUT2D eigenvalue weighted by molar-refractivity contribution is 6.06. The van der Waals surface area contributed by atoms with Crippen molar-refractivity contribution in [1.82, 2.24) is 4.90 Å². The lowest BCUT2D eigenvalue weighted by Gasteiger charge is -2.12. The van der Waals surface area contributed by atoms with Crippen molar-refractivity contribution in [2.24, 2.45) is 5.73 Å². The molecule has 110 valence electrons. The monoisotopic (exact) mass is 286 g/mol. The number of hydrogen-bond acceptors (Lipinski definition) is 4. The summed E-state index contributed by atoms with van der Waals surface area (Å²) in [5.74, 6) is -0.550. The molecule has 0 heterocycles. The molecule has 1 aromatic carbocycles. The second kappa shape index (κ2) is 8.51. The van der Waals surface area contributed by atoms with E-state index in [2.05, 4.69) is 5.32 Å². The van der Waals surface area contributed by atoms with Crippen LogP contribution in [0, 0.1) is 18.3 Å². The van der Waals surface area contributed by atoms with Gasteiger partial charge in [-0.25, -0.2) is 0 Å². The van der Waals surface area contributed by atoms with Crippen LogP contribution in [0.3, 0.4) is 0 Å². The Hall–Kier alpha value is -2.65. The Morgan fingerprint density at radius 3 is 2.76 bits per heavy atom. The van der Waals surface area contributed by atoms with Crippen LogP contribution in [0.5, 0.6) is 0 Å². The number of rotatable bonds is 7. The van der Waals surface area contributed by atoms with E-state index in [1.165, 1.54) is 11.1 Å². The Labute approximate surface area is 123 Å². The summed E-state index contributed by atoms with van der Waals surface area (Å²) in [5.41, 5.74) is 6.74. The van der Waals surface area contributed by atoms with E-state index in [-0.39, 0.29) is 5.57 Å². The maximum atomic E-state index is 12.1. The lowest BCUT2D eigenvalue weighted by atomic mass is 10.2. The van der Waals surface area contributed by atoms with Crippen LogP contribution in [0.4, 0.5) is 5.69 Å². The second-order valence-corrected chi connectivity index (χ2v) is 4.41. The molecule has 0 unspecified atom stereocenters. The van der Waals surface area contributed by atoms with Crippen LogP contribution < -0.4 is 11.1 Å². The number of amides is 2. The van der Waals surface area contributed by atoms with Gasteiger partial charge in [-0.1, -0.05) is 18.2 Å². The minimum atomic E-state index is -0.550. The third-order valence-corrected chi connectivity index (χ3v) is 2.81. The Bertz CT molecular complexity index is 575. The van der Waals surface area contributed by atoms with Crippen LogP contribution in [0.15, 0.2) is 36.0 Å². The van der Waals surface area contributed by atoms with Crippen LogP contribution in [-0.4, -0.2) is 30.3 Å². The molecule has 0 saturated carbocycles. The molecule has 0 atom stereocenters. The predicted molar refractivity (Wildman–Crippen MR) is 79.9 cm³/mol. The summed E-state index contributed by atoms with van der Waals surface area (Å²) >= 11 is 0. The fourth-order valence-corrected chi connectivity index (χ4v) is 1.63. The first-order valence-electron chi connectivity index (χ1n) is 6.52. The molecule has 3 N–H and O–H groups in total. The lowest BCUT2D eigenvalue weighted by molar-refractivity contribution is -0.116. The van der Waals surface area contributed by atoms with E-state index >= 15 is 0 Å². The quantitative estimate of drug-likeness (QED) is 0.446. The molecule has 2 amide bonds. The molecule has 6 nitrogen and oxygen atoms in total. The topological polar surface area (TPSA) is 99.2 Å². The lowest BCUT2D eigenvalue weighted by Crippen LogP contribution is -2.22. The standard InChI is InChI=1S/C15H18N4O2/c1-12-5-2-3-6-14(12)18-15(21)13(9-17)10-19(11-20)8-4-7-16/h2-3,5-6,10-11H,4,7-8,16H2,1H3,(H,18,21)/b13-10-.